The molecule has 0 unspecified atom stereocenters. The summed E-state index contributed by atoms with van der Waals surface area (Å²) in [4.78, 5) is 5.40. The molecule has 106 valence electrons. The predicted octanol–water partition coefficient (Wildman–Crippen LogP) is 4.21. The number of aromatic nitrogens is 2. The van der Waals surface area contributed by atoms with Crippen molar-refractivity contribution in [1.29, 1.82) is 0 Å². The first-order valence-corrected chi connectivity index (χ1v) is 7.58. The fraction of sp³-hybridized carbons (Fsp3) is 0.118. The van der Waals surface area contributed by atoms with Gasteiger partial charge >= 0.3 is 0 Å². The van der Waals surface area contributed by atoms with Crippen LogP contribution in [0.1, 0.15) is 5.56 Å². The molecule has 0 saturated heterocycles. The standard InChI is InChI=1S/C17H16N2OS/c1-3-7-15(8-4-1)12-20-14-19-13-18-11-17(19)21-16-9-5-2-6-10-16/h1-11,13H,12,14H2. The largest absolute Gasteiger partial charge is 0.356 e. The van der Waals surface area contributed by atoms with E-state index in [1.165, 1.54) is 10.5 Å². The third kappa shape index (κ3) is 3.97. The molecule has 0 N–H and O–H groups in total. The maximum absolute atomic E-state index is 5.75. The van der Waals surface area contributed by atoms with Crippen LogP contribution in [0.3, 0.4) is 0 Å². The quantitative estimate of drug-likeness (QED) is 0.682. The van der Waals surface area contributed by atoms with Crippen LogP contribution < -0.4 is 0 Å². The topological polar surface area (TPSA) is 27.1 Å². The van der Waals surface area contributed by atoms with E-state index in [4.69, 9.17) is 4.74 Å². The number of rotatable bonds is 6. The van der Waals surface area contributed by atoms with Gasteiger partial charge < -0.3 is 9.30 Å². The van der Waals surface area contributed by atoms with Gasteiger partial charge in [0.05, 0.1) is 19.1 Å². The van der Waals surface area contributed by atoms with E-state index < -0.39 is 0 Å². The summed E-state index contributed by atoms with van der Waals surface area (Å²) in [7, 11) is 0. The SMILES string of the molecule is c1ccc(COCn2cncc2Sc2ccccc2)cc1. The monoisotopic (exact) mass is 296 g/mol. The zero-order valence-corrected chi connectivity index (χ0v) is 12.4. The summed E-state index contributed by atoms with van der Waals surface area (Å²) in [5.41, 5.74) is 1.18. The minimum atomic E-state index is 0.504. The molecule has 3 rings (SSSR count). The number of imidazole rings is 1. The lowest BCUT2D eigenvalue weighted by Gasteiger charge is -2.09. The predicted molar refractivity (Wildman–Crippen MR) is 84.0 cm³/mol. The average molecular weight is 296 g/mol. The molecular formula is C17H16N2OS. The molecule has 1 heterocycles. The third-order valence-corrected chi connectivity index (χ3v) is 4.04. The van der Waals surface area contributed by atoms with Crippen LogP contribution in [0.15, 0.2) is 83.1 Å². The summed E-state index contributed by atoms with van der Waals surface area (Å²) in [6.45, 7) is 1.11. The van der Waals surface area contributed by atoms with Crippen molar-refractivity contribution in [3.63, 3.8) is 0 Å². The molecule has 21 heavy (non-hydrogen) atoms. The van der Waals surface area contributed by atoms with Crippen LogP contribution >= 0.6 is 11.8 Å². The van der Waals surface area contributed by atoms with Crippen LogP contribution in [0.2, 0.25) is 0 Å². The van der Waals surface area contributed by atoms with E-state index in [1.54, 1.807) is 18.1 Å². The van der Waals surface area contributed by atoms with E-state index >= 15 is 0 Å². The molecule has 0 atom stereocenters. The van der Waals surface area contributed by atoms with Crippen molar-refractivity contribution in [1.82, 2.24) is 9.55 Å². The number of nitrogens with zero attached hydrogens (tertiary/aromatic N) is 2. The van der Waals surface area contributed by atoms with Gasteiger partial charge in [-0.15, -0.1) is 0 Å². The Labute approximate surface area is 128 Å². The van der Waals surface area contributed by atoms with Gasteiger partial charge in [0, 0.05) is 4.90 Å². The Morgan fingerprint density at radius 1 is 0.952 bits per heavy atom. The van der Waals surface area contributed by atoms with Crippen molar-refractivity contribution >= 4 is 11.8 Å². The zero-order chi connectivity index (χ0) is 14.3. The smallest absolute Gasteiger partial charge is 0.125 e. The molecule has 2 aromatic carbocycles. The van der Waals surface area contributed by atoms with Gasteiger partial charge in [0.25, 0.3) is 0 Å². The van der Waals surface area contributed by atoms with Gasteiger partial charge in [-0.1, -0.05) is 60.3 Å². The molecule has 0 aliphatic rings. The second-order valence-electron chi connectivity index (χ2n) is 4.58. The molecule has 3 nitrogen and oxygen atoms in total. The van der Waals surface area contributed by atoms with E-state index in [1.807, 2.05) is 47.2 Å². The van der Waals surface area contributed by atoms with Crippen molar-refractivity contribution < 1.29 is 4.74 Å². The number of hydrogen-bond donors (Lipinski definition) is 0. The van der Waals surface area contributed by atoms with Crippen LogP contribution in [-0.2, 0) is 18.1 Å². The summed E-state index contributed by atoms with van der Waals surface area (Å²) >= 11 is 1.69. The fourth-order valence-electron chi connectivity index (χ4n) is 1.94. The van der Waals surface area contributed by atoms with Crippen LogP contribution in [-0.4, -0.2) is 9.55 Å². The molecule has 1 aromatic heterocycles. The van der Waals surface area contributed by atoms with Crippen LogP contribution in [0.25, 0.3) is 0 Å². The molecule has 0 spiro atoms. The lowest BCUT2D eigenvalue weighted by atomic mass is 10.2. The molecule has 0 fully saturated rings. The Hall–Kier alpha value is -2.04. The van der Waals surface area contributed by atoms with E-state index in [9.17, 15) is 0 Å². The van der Waals surface area contributed by atoms with E-state index in [0.717, 1.165) is 5.03 Å². The normalized spacial score (nSPS) is 10.7. The second kappa shape index (κ2) is 7.11. The maximum Gasteiger partial charge on any atom is 0.125 e. The zero-order valence-electron chi connectivity index (χ0n) is 11.6. The van der Waals surface area contributed by atoms with Crippen LogP contribution in [0.5, 0.6) is 0 Å². The van der Waals surface area contributed by atoms with Gasteiger partial charge in [-0.3, -0.25) is 0 Å². The van der Waals surface area contributed by atoms with Gasteiger partial charge in [0.2, 0.25) is 0 Å². The van der Waals surface area contributed by atoms with Crippen LogP contribution in [0, 0.1) is 0 Å². The van der Waals surface area contributed by atoms with E-state index in [2.05, 4.69) is 29.2 Å². The third-order valence-electron chi connectivity index (χ3n) is 2.98. The van der Waals surface area contributed by atoms with Gasteiger partial charge in [0.15, 0.2) is 0 Å². The molecule has 0 aliphatic carbocycles. The minimum absolute atomic E-state index is 0.504. The molecule has 3 aromatic rings. The lowest BCUT2D eigenvalue weighted by molar-refractivity contribution is 0.0592. The first-order valence-electron chi connectivity index (χ1n) is 6.76. The van der Waals surface area contributed by atoms with Crippen molar-refractivity contribution in [3.05, 3.63) is 78.8 Å². The van der Waals surface area contributed by atoms with Crippen molar-refractivity contribution in [2.24, 2.45) is 0 Å². The van der Waals surface area contributed by atoms with E-state index in [-0.39, 0.29) is 0 Å². The van der Waals surface area contributed by atoms with Gasteiger partial charge in [-0.05, 0) is 17.7 Å². The number of hydrogen-bond acceptors (Lipinski definition) is 3. The fourth-order valence-corrected chi connectivity index (χ4v) is 2.80. The average Bonchev–Trinajstić information content (AvgIpc) is 2.97. The maximum atomic E-state index is 5.75. The molecule has 0 bridgehead atoms. The highest BCUT2D eigenvalue weighted by atomic mass is 32.2. The number of benzene rings is 2. The minimum Gasteiger partial charge on any atom is -0.356 e. The van der Waals surface area contributed by atoms with Gasteiger partial charge in [-0.2, -0.15) is 0 Å². The van der Waals surface area contributed by atoms with E-state index in [0.29, 0.717) is 13.3 Å². The van der Waals surface area contributed by atoms with Crippen molar-refractivity contribution in [2.75, 3.05) is 0 Å². The Kier molecular flexibility index (Phi) is 4.71. The number of ether oxygens (including phenoxy) is 1. The Morgan fingerprint density at radius 2 is 1.67 bits per heavy atom. The first kappa shape index (κ1) is 13.9. The van der Waals surface area contributed by atoms with Crippen LogP contribution in [0.4, 0.5) is 0 Å². The highest BCUT2D eigenvalue weighted by molar-refractivity contribution is 7.99. The lowest BCUT2D eigenvalue weighted by Crippen LogP contribution is -2.02. The molecular weight excluding hydrogens is 280 g/mol. The second-order valence-corrected chi connectivity index (χ2v) is 5.67. The van der Waals surface area contributed by atoms with Crippen molar-refractivity contribution in [3.8, 4) is 0 Å². The summed E-state index contributed by atoms with van der Waals surface area (Å²) < 4.78 is 7.77. The highest BCUT2D eigenvalue weighted by Crippen LogP contribution is 2.26. The summed E-state index contributed by atoms with van der Waals surface area (Å²) in [5.74, 6) is 0. The summed E-state index contributed by atoms with van der Waals surface area (Å²) in [6.07, 6.45) is 3.67. The first-order chi connectivity index (χ1) is 10.4. The highest BCUT2D eigenvalue weighted by Gasteiger charge is 2.04. The molecule has 0 amide bonds. The molecule has 4 heteroatoms. The molecule has 0 saturated carbocycles. The summed E-state index contributed by atoms with van der Waals surface area (Å²) in [6, 6.07) is 20.4. The Morgan fingerprint density at radius 3 is 2.43 bits per heavy atom. The molecule has 0 aliphatic heterocycles. The van der Waals surface area contributed by atoms with Gasteiger partial charge in [0.1, 0.15) is 11.8 Å². The van der Waals surface area contributed by atoms with Gasteiger partial charge in [-0.25, -0.2) is 4.98 Å². The molecule has 0 radical (unpaired) electrons. The Bertz CT molecular complexity index is 668. The summed E-state index contributed by atoms with van der Waals surface area (Å²) in [5, 5.41) is 1.08. The van der Waals surface area contributed by atoms with Crippen molar-refractivity contribution in [2.45, 2.75) is 23.3 Å². The Balaban J connectivity index is 1.58.